The van der Waals surface area contributed by atoms with Crippen LogP contribution in [0.4, 0.5) is 0 Å². The molecule has 0 saturated heterocycles. The van der Waals surface area contributed by atoms with Gasteiger partial charge in [-0.3, -0.25) is 0 Å². The van der Waals surface area contributed by atoms with Crippen LogP contribution in [-0.4, -0.2) is 21.9 Å². The van der Waals surface area contributed by atoms with Gasteiger partial charge in [-0.1, -0.05) is 81.7 Å². The van der Waals surface area contributed by atoms with Crippen molar-refractivity contribution in [2.24, 2.45) is 5.16 Å². The number of rotatable bonds is 16. The zero-order valence-corrected chi connectivity index (χ0v) is 17.3. The van der Waals surface area contributed by atoms with Crippen molar-refractivity contribution in [3.05, 3.63) is 36.5 Å². The molecule has 1 aromatic rings. The molecule has 0 fully saturated rings. The first-order valence-corrected chi connectivity index (χ1v) is 10.8. The number of nitrogens with zero attached hydrogens (tertiary/aromatic N) is 2. The van der Waals surface area contributed by atoms with Crippen LogP contribution in [-0.2, 0) is 4.79 Å². The molecule has 0 aliphatic heterocycles. The van der Waals surface area contributed by atoms with Crippen LogP contribution in [0, 0.1) is 0 Å². The van der Waals surface area contributed by atoms with Crippen LogP contribution in [0.15, 0.2) is 41.7 Å². The second-order valence-corrected chi connectivity index (χ2v) is 7.08. The number of oxime groups is 1. The lowest BCUT2D eigenvalue weighted by Gasteiger charge is -2.05. The molecule has 0 atom stereocenters. The summed E-state index contributed by atoms with van der Waals surface area (Å²) in [5.41, 5.74) is 0.0543. The Labute approximate surface area is 169 Å². The summed E-state index contributed by atoms with van der Waals surface area (Å²) in [6, 6.07) is 5.07. The molecule has 5 nitrogen and oxygen atoms in total. The summed E-state index contributed by atoms with van der Waals surface area (Å²) in [7, 11) is 0. The number of ether oxygens (including phenoxy) is 1. The first-order valence-electron chi connectivity index (χ1n) is 10.8. The molecule has 1 heterocycles. The molecular weight excluding hydrogens is 352 g/mol. The summed E-state index contributed by atoms with van der Waals surface area (Å²) in [6.07, 6.45) is 21.0. The van der Waals surface area contributed by atoms with E-state index in [0.717, 1.165) is 19.3 Å². The van der Waals surface area contributed by atoms with Crippen LogP contribution in [0.2, 0.25) is 0 Å². The molecule has 1 N–H and O–H groups in total. The van der Waals surface area contributed by atoms with Crippen molar-refractivity contribution in [3.8, 4) is 5.88 Å². The highest BCUT2D eigenvalue weighted by atomic mass is 16.5. The highest BCUT2D eigenvalue weighted by molar-refractivity contribution is 6.36. The molecule has 1 aromatic heterocycles. The number of hydrogen-bond donors (Lipinski definition) is 1. The van der Waals surface area contributed by atoms with E-state index in [-0.39, 0.29) is 11.6 Å². The zero-order chi connectivity index (χ0) is 20.3. The van der Waals surface area contributed by atoms with Gasteiger partial charge in [0, 0.05) is 18.7 Å². The SMILES string of the molecule is CCCC=CCCCCCCCCCCCC(=NO)C(=O)Oc1ccccn1. The molecule has 28 heavy (non-hydrogen) atoms. The van der Waals surface area contributed by atoms with Gasteiger partial charge < -0.3 is 9.94 Å². The van der Waals surface area contributed by atoms with Gasteiger partial charge in [0.05, 0.1) is 0 Å². The highest BCUT2D eigenvalue weighted by Crippen LogP contribution is 2.12. The minimum Gasteiger partial charge on any atom is -0.410 e. The number of unbranched alkanes of at least 4 members (excludes halogenated alkanes) is 10. The van der Waals surface area contributed by atoms with E-state index >= 15 is 0 Å². The predicted octanol–water partition coefficient (Wildman–Crippen LogP) is 6.46. The third-order valence-corrected chi connectivity index (χ3v) is 4.60. The summed E-state index contributed by atoms with van der Waals surface area (Å²) in [5.74, 6) is -0.420. The Morgan fingerprint density at radius 1 is 1.00 bits per heavy atom. The first kappa shape index (κ1) is 23.9. The van der Waals surface area contributed by atoms with E-state index in [0.29, 0.717) is 6.42 Å². The summed E-state index contributed by atoms with van der Waals surface area (Å²) >= 11 is 0. The van der Waals surface area contributed by atoms with Gasteiger partial charge in [-0.15, -0.1) is 0 Å². The Morgan fingerprint density at radius 3 is 2.25 bits per heavy atom. The van der Waals surface area contributed by atoms with Gasteiger partial charge in [0.25, 0.3) is 0 Å². The van der Waals surface area contributed by atoms with E-state index < -0.39 is 5.97 Å². The lowest BCUT2D eigenvalue weighted by Crippen LogP contribution is -2.21. The van der Waals surface area contributed by atoms with Gasteiger partial charge in [0.1, 0.15) is 0 Å². The van der Waals surface area contributed by atoms with Crippen LogP contribution in [0.3, 0.4) is 0 Å². The van der Waals surface area contributed by atoms with Crippen molar-refractivity contribution in [2.45, 2.75) is 90.4 Å². The molecule has 0 amide bonds. The van der Waals surface area contributed by atoms with Crippen LogP contribution in [0.1, 0.15) is 90.4 Å². The number of carbonyl (C=O) groups excluding carboxylic acids is 1. The number of hydrogen-bond acceptors (Lipinski definition) is 5. The number of pyridine rings is 1. The van der Waals surface area contributed by atoms with E-state index in [4.69, 9.17) is 9.94 Å². The summed E-state index contributed by atoms with van der Waals surface area (Å²) in [6.45, 7) is 2.21. The lowest BCUT2D eigenvalue weighted by molar-refractivity contribution is -0.127. The van der Waals surface area contributed by atoms with Gasteiger partial charge in [0.15, 0.2) is 5.71 Å². The number of esters is 1. The lowest BCUT2D eigenvalue weighted by atomic mass is 10.0. The van der Waals surface area contributed by atoms with E-state index in [2.05, 4.69) is 29.2 Å². The van der Waals surface area contributed by atoms with Crippen LogP contribution >= 0.6 is 0 Å². The largest absolute Gasteiger partial charge is 0.410 e. The van der Waals surface area contributed by atoms with Gasteiger partial charge in [-0.2, -0.15) is 0 Å². The molecule has 0 saturated carbocycles. The minimum atomic E-state index is -0.634. The molecule has 0 radical (unpaired) electrons. The minimum absolute atomic E-state index is 0.0543. The van der Waals surface area contributed by atoms with Crippen molar-refractivity contribution >= 4 is 11.7 Å². The molecule has 0 spiro atoms. The smallest absolute Gasteiger partial charge is 0.362 e. The van der Waals surface area contributed by atoms with Gasteiger partial charge in [-0.05, 0) is 31.7 Å². The van der Waals surface area contributed by atoms with Crippen molar-refractivity contribution in [2.75, 3.05) is 0 Å². The number of carbonyl (C=O) groups is 1. The molecule has 0 aliphatic rings. The standard InChI is InChI=1S/C23H36N2O3/c1-2-3-4-5-6-7-8-9-10-11-12-13-14-15-18-21(25-27)23(26)28-22-19-16-17-20-24-22/h4-5,16-17,19-20,27H,2-3,6-15,18H2,1H3. The maximum Gasteiger partial charge on any atom is 0.362 e. The second kappa shape index (κ2) is 17.0. The van der Waals surface area contributed by atoms with Gasteiger partial charge in [-0.25, -0.2) is 9.78 Å². The van der Waals surface area contributed by atoms with Crippen molar-refractivity contribution in [3.63, 3.8) is 0 Å². The molecule has 5 heteroatoms. The fourth-order valence-electron chi connectivity index (χ4n) is 2.95. The highest BCUT2D eigenvalue weighted by Gasteiger charge is 2.15. The Kier molecular flexibility index (Phi) is 14.5. The Morgan fingerprint density at radius 2 is 1.64 bits per heavy atom. The van der Waals surface area contributed by atoms with E-state index in [9.17, 15) is 4.79 Å². The van der Waals surface area contributed by atoms with Crippen molar-refractivity contribution < 1.29 is 14.7 Å². The van der Waals surface area contributed by atoms with E-state index in [1.165, 1.54) is 57.8 Å². The normalized spacial score (nSPS) is 11.8. The predicted molar refractivity (Wildman–Crippen MR) is 114 cm³/mol. The molecule has 0 bridgehead atoms. The maximum atomic E-state index is 12.0. The maximum absolute atomic E-state index is 12.0. The summed E-state index contributed by atoms with van der Waals surface area (Å²) in [5, 5.41) is 12.1. The molecule has 1 rings (SSSR count). The monoisotopic (exact) mass is 388 g/mol. The Hall–Kier alpha value is -2.17. The molecule has 0 aromatic carbocycles. The molecular formula is C23H36N2O3. The molecule has 0 aliphatic carbocycles. The average molecular weight is 389 g/mol. The topological polar surface area (TPSA) is 71.8 Å². The fourth-order valence-corrected chi connectivity index (χ4v) is 2.95. The first-order chi connectivity index (χ1) is 13.8. The van der Waals surface area contributed by atoms with Gasteiger partial charge in [0.2, 0.25) is 5.88 Å². The quantitative estimate of drug-likeness (QED) is 0.0880. The average Bonchev–Trinajstić information content (AvgIpc) is 2.71. The third-order valence-electron chi connectivity index (χ3n) is 4.60. The van der Waals surface area contributed by atoms with Crippen LogP contribution < -0.4 is 4.74 Å². The Balaban J connectivity index is 1.97. The summed E-state index contributed by atoms with van der Waals surface area (Å²) < 4.78 is 5.09. The van der Waals surface area contributed by atoms with Crippen molar-refractivity contribution in [1.82, 2.24) is 4.98 Å². The third kappa shape index (κ3) is 12.3. The van der Waals surface area contributed by atoms with E-state index in [1.54, 1.807) is 24.4 Å². The van der Waals surface area contributed by atoms with Crippen molar-refractivity contribution in [1.29, 1.82) is 0 Å². The van der Waals surface area contributed by atoms with Crippen LogP contribution in [0.5, 0.6) is 5.88 Å². The fraction of sp³-hybridized carbons (Fsp3) is 0.609. The summed E-state index contributed by atoms with van der Waals surface area (Å²) in [4.78, 5) is 15.9. The zero-order valence-electron chi connectivity index (χ0n) is 17.3. The number of aromatic nitrogens is 1. The molecule has 0 unspecified atom stereocenters. The number of allylic oxidation sites excluding steroid dienone is 2. The van der Waals surface area contributed by atoms with E-state index in [1.807, 2.05) is 0 Å². The second-order valence-electron chi connectivity index (χ2n) is 7.08. The molecule has 156 valence electrons. The Bertz CT molecular complexity index is 570. The van der Waals surface area contributed by atoms with Crippen LogP contribution in [0.25, 0.3) is 0 Å². The van der Waals surface area contributed by atoms with Gasteiger partial charge >= 0.3 is 5.97 Å².